The number of furan rings is 1. The molecular weight excluding hydrogens is 426 g/mol. The van der Waals surface area contributed by atoms with Gasteiger partial charge >= 0.3 is 0 Å². The molecule has 2 aliphatic rings. The minimum Gasteiger partial charge on any atom is -0.456 e. The van der Waals surface area contributed by atoms with Gasteiger partial charge < -0.3 is 14.6 Å². The first-order valence-corrected chi connectivity index (χ1v) is 11.1. The van der Waals surface area contributed by atoms with Crippen molar-refractivity contribution >= 4 is 50.8 Å². The summed E-state index contributed by atoms with van der Waals surface area (Å²) in [6.07, 6.45) is 0. The predicted molar refractivity (Wildman–Crippen MR) is 132 cm³/mol. The Morgan fingerprint density at radius 1 is 0.794 bits per heavy atom. The number of amides is 2. The third-order valence-corrected chi connectivity index (χ3v) is 6.90. The summed E-state index contributed by atoms with van der Waals surface area (Å²) in [5.74, 6) is -0.468. The van der Waals surface area contributed by atoms with E-state index in [1.807, 2.05) is 84.9 Å². The van der Waals surface area contributed by atoms with E-state index in [0.717, 1.165) is 27.6 Å². The van der Waals surface area contributed by atoms with Crippen LogP contribution >= 0.6 is 0 Å². The van der Waals surface area contributed by atoms with Crippen LogP contribution in [0.25, 0.3) is 21.9 Å². The van der Waals surface area contributed by atoms with Crippen molar-refractivity contribution in [2.45, 2.75) is 5.66 Å². The average molecular weight is 445 g/mol. The molecule has 164 valence electrons. The van der Waals surface area contributed by atoms with Crippen molar-refractivity contribution < 1.29 is 14.0 Å². The van der Waals surface area contributed by atoms with E-state index in [4.69, 9.17) is 4.42 Å². The Kier molecular flexibility index (Phi) is 3.61. The first kappa shape index (κ1) is 18.9. The van der Waals surface area contributed by atoms with Crippen molar-refractivity contribution in [3.05, 3.63) is 102 Å². The highest BCUT2D eigenvalue weighted by atomic mass is 16.3. The van der Waals surface area contributed by atoms with Gasteiger partial charge in [-0.1, -0.05) is 48.5 Å². The smallest absolute Gasteiger partial charge is 0.278 e. The molecule has 0 bridgehead atoms. The maximum absolute atomic E-state index is 14.0. The molecule has 0 saturated carbocycles. The van der Waals surface area contributed by atoms with E-state index >= 15 is 0 Å². The van der Waals surface area contributed by atoms with E-state index in [2.05, 4.69) is 5.32 Å². The van der Waals surface area contributed by atoms with Crippen molar-refractivity contribution in [1.82, 2.24) is 0 Å². The van der Waals surface area contributed by atoms with E-state index in [9.17, 15) is 9.59 Å². The van der Waals surface area contributed by atoms with Crippen LogP contribution in [0.4, 0.5) is 17.1 Å². The van der Waals surface area contributed by atoms with E-state index in [1.54, 1.807) is 22.9 Å². The summed E-state index contributed by atoms with van der Waals surface area (Å²) in [5.41, 5.74) is 3.25. The number of carbonyl (C=O) groups excluding carboxylic acids is 2. The minimum absolute atomic E-state index is 0.221. The molecule has 1 unspecified atom stereocenters. The van der Waals surface area contributed by atoms with E-state index in [1.165, 1.54) is 0 Å². The van der Waals surface area contributed by atoms with Gasteiger partial charge in [-0.2, -0.15) is 0 Å². The maximum Gasteiger partial charge on any atom is 0.278 e. The fourth-order valence-corrected chi connectivity index (χ4v) is 5.34. The number of hydrogen-bond donors (Lipinski definition) is 1. The molecule has 1 atom stereocenters. The van der Waals surface area contributed by atoms with Gasteiger partial charge in [-0.3, -0.25) is 14.5 Å². The molecule has 6 nitrogen and oxygen atoms in total. The molecule has 0 aliphatic carbocycles. The Morgan fingerprint density at radius 2 is 1.53 bits per heavy atom. The predicted octanol–water partition coefficient (Wildman–Crippen LogP) is 5.49. The lowest BCUT2D eigenvalue weighted by Gasteiger charge is -2.44. The second-order valence-corrected chi connectivity index (χ2v) is 8.68. The van der Waals surface area contributed by atoms with Crippen LogP contribution in [0.15, 0.2) is 95.4 Å². The van der Waals surface area contributed by atoms with Crippen LogP contribution in [0.1, 0.15) is 15.9 Å². The second kappa shape index (κ2) is 6.48. The number of para-hydroxylation sites is 3. The molecule has 0 fully saturated rings. The number of anilines is 3. The highest BCUT2D eigenvalue weighted by Crippen LogP contribution is 2.49. The fourth-order valence-electron chi connectivity index (χ4n) is 5.34. The first-order chi connectivity index (χ1) is 16.6. The normalized spacial score (nSPS) is 19.1. The highest BCUT2D eigenvalue weighted by molar-refractivity contribution is 6.23. The van der Waals surface area contributed by atoms with E-state index in [-0.39, 0.29) is 11.8 Å². The summed E-state index contributed by atoms with van der Waals surface area (Å²) in [6, 6.07) is 28.4. The maximum atomic E-state index is 14.0. The molecule has 1 spiro atoms. The van der Waals surface area contributed by atoms with Crippen LogP contribution in [0, 0.1) is 0 Å². The van der Waals surface area contributed by atoms with Crippen LogP contribution < -0.4 is 15.1 Å². The van der Waals surface area contributed by atoms with E-state index < -0.39 is 5.66 Å². The molecule has 5 aromatic rings. The number of fused-ring (bicyclic) bond motifs is 6. The summed E-state index contributed by atoms with van der Waals surface area (Å²) in [5, 5.41) is 5.41. The Hall–Kier alpha value is -4.58. The van der Waals surface area contributed by atoms with Gasteiger partial charge in [-0.25, -0.2) is 0 Å². The van der Waals surface area contributed by atoms with Gasteiger partial charge in [0.05, 0.1) is 16.9 Å². The molecular formula is C28H19N3O3. The van der Waals surface area contributed by atoms with Crippen LogP contribution in [-0.4, -0.2) is 18.9 Å². The summed E-state index contributed by atoms with van der Waals surface area (Å²) in [6.45, 7) is 0. The number of hydrogen-bond acceptors (Lipinski definition) is 4. The standard InChI is InChI=1S/C28H19N3O3/c1-30-23-12-6-4-10-21(23)28(27(30)33)29-22-11-5-2-9-20(22)26(32)31(28)17-14-15-19-18-8-3-7-13-24(18)34-25(19)16-17/h2-16,29H,1H3. The largest absolute Gasteiger partial charge is 0.456 e. The second-order valence-electron chi connectivity index (χ2n) is 8.68. The first-order valence-electron chi connectivity index (χ1n) is 11.1. The van der Waals surface area contributed by atoms with Crippen molar-refractivity contribution in [2.24, 2.45) is 0 Å². The molecule has 7 rings (SSSR count). The lowest BCUT2D eigenvalue weighted by atomic mass is 9.92. The van der Waals surface area contributed by atoms with Gasteiger partial charge in [0, 0.05) is 35.1 Å². The molecule has 3 heterocycles. The zero-order valence-electron chi connectivity index (χ0n) is 18.3. The van der Waals surface area contributed by atoms with E-state index in [0.29, 0.717) is 22.5 Å². The van der Waals surface area contributed by atoms with Crippen LogP contribution in [0.2, 0.25) is 0 Å². The Balaban J connectivity index is 1.52. The molecule has 0 radical (unpaired) electrons. The van der Waals surface area contributed by atoms with Crippen molar-refractivity contribution in [3.8, 4) is 0 Å². The number of carbonyl (C=O) groups is 2. The van der Waals surface area contributed by atoms with Crippen molar-refractivity contribution in [1.29, 1.82) is 0 Å². The monoisotopic (exact) mass is 445 g/mol. The lowest BCUT2D eigenvalue weighted by molar-refractivity contribution is -0.121. The summed E-state index contributed by atoms with van der Waals surface area (Å²) in [7, 11) is 1.74. The van der Waals surface area contributed by atoms with Crippen LogP contribution in [0.3, 0.4) is 0 Å². The molecule has 2 aliphatic heterocycles. The number of nitrogens with one attached hydrogen (secondary N) is 1. The SMILES string of the molecule is CN1C(=O)C2(Nc3ccccc3C(=O)N2c2ccc3c(c2)oc2ccccc23)c2ccccc21. The Labute approximate surface area is 195 Å². The molecule has 1 N–H and O–H groups in total. The van der Waals surface area contributed by atoms with Crippen molar-refractivity contribution in [2.75, 3.05) is 22.2 Å². The van der Waals surface area contributed by atoms with Gasteiger partial charge in [0.25, 0.3) is 11.8 Å². The zero-order valence-corrected chi connectivity index (χ0v) is 18.3. The van der Waals surface area contributed by atoms with Gasteiger partial charge in [-0.15, -0.1) is 0 Å². The van der Waals surface area contributed by atoms with Gasteiger partial charge in [0.1, 0.15) is 11.2 Å². The van der Waals surface area contributed by atoms with Crippen molar-refractivity contribution in [3.63, 3.8) is 0 Å². The highest BCUT2D eigenvalue weighted by Gasteiger charge is 2.59. The summed E-state index contributed by atoms with van der Waals surface area (Å²) < 4.78 is 6.10. The van der Waals surface area contributed by atoms with Gasteiger partial charge in [0.2, 0.25) is 5.66 Å². The minimum atomic E-state index is -1.41. The quantitative estimate of drug-likeness (QED) is 0.371. The van der Waals surface area contributed by atoms with Gasteiger partial charge in [0.15, 0.2) is 0 Å². The molecule has 4 aromatic carbocycles. The average Bonchev–Trinajstić information content (AvgIpc) is 3.34. The molecule has 2 amide bonds. The van der Waals surface area contributed by atoms with Crippen LogP contribution in [-0.2, 0) is 10.5 Å². The number of likely N-dealkylation sites (N-methyl/N-ethyl adjacent to an activating group) is 1. The summed E-state index contributed by atoms with van der Waals surface area (Å²) in [4.78, 5) is 31.1. The third-order valence-electron chi connectivity index (χ3n) is 6.90. The summed E-state index contributed by atoms with van der Waals surface area (Å²) >= 11 is 0. The number of rotatable bonds is 1. The van der Waals surface area contributed by atoms with Gasteiger partial charge in [-0.05, 0) is 36.4 Å². The lowest BCUT2D eigenvalue weighted by Crippen LogP contribution is -2.62. The Bertz CT molecular complexity index is 1670. The molecule has 6 heteroatoms. The molecule has 1 aromatic heterocycles. The van der Waals surface area contributed by atoms with Crippen LogP contribution in [0.5, 0.6) is 0 Å². The molecule has 34 heavy (non-hydrogen) atoms. The number of benzene rings is 4. The molecule has 0 saturated heterocycles. The number of nitrogens with zero attached hydrogens (tertiary/aromatic N) is 2. The Morgan fingerprint density at radius 3 is 2.44 bits per heavy atom. The fraction of sp³-hybridized carbons (Fsp3) is 0.0714. The zero-order chi connectivity index (χ0) is 23.0. The third kappa shape index (κ3) is 2.24. The topological polar surface area (TPSA) is 65.8 Å².